The Morgan fingerprint density at radius 3 is 2.94 bits per heavy atom. The molecular weight excluding hydrogens is 308 g/mol. The number of thiophene rings is 1. The Kier molecular flexibility index (Phi) is 4.78. The van der Waals surface area contributed by atoms with Gasteiger partial charge in [0.2, 0.25) is 0 Å². The van der Waals surface area contributed by atoms with Crippen LogP contribution in [0.2, 0.25) is 0 Å². The third-order valence-electron chi connectivity index (χ3n) is 2.86. The van der Waals surface area contributed by atoms with Gasteiger partial charge in [0.05, 0.1) is 10.5 Å². The maximum Gasteiger partial charge on any atom is 0.141 e. The zero-order valence-electron chi connectivity index (χ0n) is 10.6. The van der Waals surface area contributed by atoms with E-state index in [2.05, 4.69) is 57.6 Å². The largest absolute Gasteiger partial charge is 0.362 e. The number of aromatic nitrogens is 1. The first kappa shape index (κ1) is 13.6. The summed E-state index contributed by atoms with van der Waals surface area (Å²) < 4.78 is 1.06. The average molecular weight is 325 g/mol. The minimum absolute atomic E-state index is 0.348. The lowest BCUT2D eigenvalue weighted by Crippen LogP contribution is -2.11. The summed E-state index contributed by atoms with van der Waals surface area (Å²) >= 11 is 5.40. The third kappa shape index (κ3) is 3.12. The van der Waals surface area contributed by atoms with Crippen molar-refractivity contribution in [3.8, 4) is 0 Å². The van der Waals surface area contributed by atoms with Crippen molar-refractivity contribution in [1.29, 1.82) is 0 Å². The first-order chi connectivity index (χ1) is 8.72. The fourth-order valence-corrected chi connectivity index (χ4v) is 3.03. The SMILES string of the molecule is CCCC(Nc1nccc(C)c1Br)c1cccs1. The van der Waals surface area contributed by atoms with E-state index in [1.807, 2.05) is 12.3 Å². The van der Waals surface area contributed by atoms with E-state index in [1.165, 1.54) is 10.4 Å². The molecule has 0 saturated carbocycles. The summed E-state index contributed by atoms with van der Waals surface area (Å²) in [6.07, 6.45) is 4.11. The van der Waals surface area contributed by atoms with Crippen molar-refractivity contribution in [2.45, 2.75) is 32.7 Å². The third-order valence-corrected chi connectivity index (χ3v) is 4.84. The van der Waals surface area contributed by atoms with Crippen LogP contribution in [0.4, 0.5) is 5.82 Å². The Morgan fingerprint density at radius 1 is 1.44 bits per heavy atom. The van der Waals surface area contributed by atoms with Gasteiger partial charge >= 0.3 is 0 Å². The fraction of sp³-hybridized carbons (Fsp3) is 0.357. The molecule has 2 rings (SSSR count). The molecule has 0 bridgehead atoms. The number of hydrogen-bond acceptors (Lipinski definition) is 3. The number of anilines is 1. The first-order valence-corrected chi connectivity index (χ1v) is 7.80. The number of hydrogen-bond donors (Lipinski definition) is 1. The molecule has 2 nitrogen and oxygen atoms in total. The highest BCUT2D eigenvalue weighted by atomic mass is 79.9. The highest BCUT2D eigenvalue weighted by Crippen LogP contribution is 2.31. The second-order valence-electron chi connectivity index (χ2n) is 4.29. The second-order valence-corrected chi connectivity index (χ2v) is 6.06. The van der Waals surface area contributed by atoms with E-state index >= 15 is 0 Å². The van der Waals surface area contributed by atoms with Gasteiger partial charge in [0.25, 0.3) is 0 Å². The van der Waals surface area contributed by atoms with Gasteiger partial charge in [-0.05, 0) is 52.4 Å². The topological polar surface area (TPSA) is 24.9 Å². The molecule has 1 N–H and O–H groups in total. The monoisotopic (exact) mass is 324 g/mol. The van der Waals surface area contributed by atoms with E-state index in [-0.39, 0.29) is 0 Å². The number of pyridine rings is 1. The maximum atomic E-state index is 4.42. The van der Waals surface area contributed by atoms with Gasteiger partial charge < -0.3 is 5.32 Å². The van der Waals surface area contributed by atoms with Crippen LogP contribution in [0.25, 0.3) is 0 Å². The minimum atomic E-state index is 0.348. The Labute approximate surface area is 121 Å². The number of rotatable bonds is 5. The highest BCUT2D eigenvalue weighted by molar-refractivity contribution is 9.10. The summed E-state index contributed by atoms with van der Waals surface area (Å²) in [6, 6.07) is 6.64. The normalized spacial score (nSPS) is 12.4. The van der Waals surface area contributed by atoms with Crippen molar-refractivity contribution in [3.63, 3.8) is 0 Å². The van der Waals surface area contributed by atoms with Gasteiger partial charge in [-0.15, -0.1) is 11.3 Å². The van der Waals surface area contributed by atoms with Crippen LogP contribution >= 0.6 is 27.3 Å². The van der Waals surface area contributed by atoms with Crippen LogP contribution in [-0.2, 0) is 0 Å². The molecule has 0 aliphatic carbocycles. The number of nitrogens with one attached hydrogen (secondary N) is 1. The summed E-state index contributed by atoms with van der Waals surface area (Å²) in [5.74, 6) is 0.932. The smallest absolute Gasteiger partial charge is 0.141 e. The van der Waals surface area contributed by atoms with Crippen LogP contribution in [0.1, 0.15) is 36.2 Å². The summed E-state index contributed by atoms with van der Waals surface area (Å²) in [7, 11) is 0. The molecular formula is C14H17BrN2S. The van der Waals surface area contributed by atoms with Crippen LogP contribution in [0.5, 0.6) is 0 Å². The lowest BCUT2D eigenvalue weighted by Gasteiger charge is -2.18. The lowest BCUT2D eigenvalue weighted by atomic mass is 10.1. The van der Waals surface area contributed by atoms with Crippen molar-refractivity contribution in [2.75, 3.05) is 5.32 Å². The molecule has 0 aliphatic heterocycles. The summed E-state index contributed by atoms with van der Waals surface area (Å²) in [5.41, 5.74) is 1.20. The molecule has 0 amide bonds. The van der Waals surface area contributed by atoms with Crippen molar-refractivity contribution in [1.82, 2.24) is 4.98 Å². The molecule has 0 spiro atoms. The van der Waals surface area contributed by atoms with Crippen molar-refractivity contribution in [2.24, 2.45) is 0 Å². The van der Waals surface area contributed by atoms with Crippen molar-refractivity contribution < 1.29 is 0 Å². The van der Waals surface area contributed by atoms with Crippen LogP contribution in [-0.4, -0.2) is 4.98 Å². The Balaban J connectivity index is 2.21. The molecule has 0 aromatic carbocycles. The van der Waals surface area contributed by atoms with Gasteiger partial charge in [0.15, 0.2) is 0 Å². The Bertz CT molecular complexity index is 497. The van der Waals surface area contributed by atoms with Gasteiger partial charge in [0, 0.05) is 11.1 Å². The maximum absolute atomic E-state index is 4.42. The molecule has 18 heavy (non-hydrogen) atoms. The number of halogens is 1. The zero-order chi connectivity index (χ0) is 13.0. The van der Waals surface area contributed by atoms with Gasteiger partial charge in [-0.25, -0.2) is 4.98 Å². The Morgan fingerprint density at radius 2 is 2.28 bits per heavy atom. The highest BCUT2D eigenvalue weighted by Gasteiger charge is 2.14. The first-order valence-electron chi connectivity index (χ1n) is 6.13. The predicted octanol–water partition coefficient (Wildman–Crippen LogP) is 5.17. The standard InChI is InChI=1S/C14H17BrN2S/c1-3-5-11(12-6-4-9-18-12)17-14-13(15)10(2)7-8-16-14/h4,6-9,11H,3,5H2,1-2H3,(H,16,17). The lowest BCUT2D eigenvalue weighted by molar-refractivity contribution is 0.684. The molecule has 2 aromatic rings. The molecule has 1 atom stereocenters. The fourth-order valence-electron chi connectivity index (χ4n) is 1.87. The summed E-state index contributed by atoms with van der Waals surface area (Å²) in [6.45, 7) is 4.29. The van der Waals surface area contributed by atoms with E-state index in [4.69, 9.17) is 0 Å². The molecule has 2 heterocycles. The van der Waals surface area contributed by atoms with Crippen molar-refractivity contribution >= 4 is 33.1 Å². The van der Waals surface area contributed by atoms with Crippen molar-refractivity contribution in [3.05, 3.63) is 44.7 Å². The van der Waals surface area contributed by atoms with E-state index in [0.717, 1.165) is 23.1 Å². The molecule has 0 aliphatic rings. The molecule has 0 radical (unpaired) electrons. The molecule has 4 heteroatoms. The van der Waals surface area contributed by atoms with Crippen LogP contribution < -0.4 is 5.32 Å². The predicted molar refractivity (Wildman–Crippen MR) is 82.3 cm³/mol. The number of aryl methyl sites for hydroxylation is 1. The van der Waals surface area contributed by atoms with Crippen LogP contribution in [0.15, 0.2) is 34.2 Å². The van der Waals surface area contributed by atoms with E-state index in [0.29, 0.717) is 6.04 Å². The van der Waals surface area contributed by atoms with Gasteiger partial charge in [-0.2, -0.15) is 0 Å². The summed E-state index contributed by atoms with van der Waals surface area (Å²) in [4.78, 5) is 5.79. The van der Waals surface area contributed by atoms with Gasteiger partial charge in [0.1, 0.15) is 5.82 Å². The Hall–Kier alpha value is -0.870. The van der Waals surface area contributed by atoms with E-state index < -0.39 is 0 Å². The van der Waals surface area contributed by atoms with Gasteiger partial charge in [-0.1, -0.05) is 19.4 Å². The molecule has 1 unspecified atom stereocenters. The molecule has 0 saturated heterocycles. The molecule has 96 valence electrons. The molecule has 2 aromatic heterocycles. The quantitative estimate of drug-likeness (QED) is 0.820. The van der Waals surface area contributed by atoms with E-state index in [9.17, 15) is 0 Å². The minimum Gasteiger partial charge on any atom is -0.362 e. The average Bonchev–Trinajstić information content (AvgIpc) is 2.88. The zero-order valence-corrected chi connectivity index (χ0v) is 13.0. The molecule has 0 fully saturated rings. The summed E-state index contributed by atoms with van der Waals surface area (Å²) in [5, 5.41) is 5.67. The van der Waals surface area contributed by atoms with Gasteiger partial charge in [-0.3, -0.25) is 0 Å². The number of nitrogens with zero attached hydrogens (tertiary/aromatic N) is 1. The second kappa shape index (κ2) is 6.34. The van der Waals surface area contributed by atoms with Crippen LogP contribution in [0.3, 0.4) is 0 Å². The van der Waals surface area contributed by atoms with E-state index in [1.54, 1.807) is 11.3 Å². The van der Waals surface area contributed by atoms with Crippen LogP contribution in [0, 0.1) is 6.92 Å².